The van der Waals surface area contributed by atoms with Gasteiger partial charge in [-0.05, 0) is 18.2 Å². The van der Waals surface area contributed by atoms with Crippen molar-refractivity contribution in [2.24, 2.45) is 5.73 Å². The third kappa shape index (κ3) is 2.04. The first kappa shape index (κ1) is 13.0. The summed E-state index contributed by atoms with van der Waals surface area (Å²) < 4.78 is 46.5. The lowest BCUT2D eigenvalue weighted by atomic mass is 9.99. The highest BCUT2D eigenvalue weighted by molar-refractivity contribution is 5.73. The summed E-state index contributed by atoms with van der Waals surface area (Å²) in [6.07, 6.45) is 0.204. The van der Waals surface area contributed by atoms with Gasteiger partial charge in [-0.15, -0.1) is 0 Å². The molecule has 0 saturated heterocycles. The first-order chi connectivity index (χ1) is 9.60. The molecule has 104 valence electrons. The van der Waals surface area contributed by atoms with Crippen LogP contribution in [0.25, 0.3) is 11.1 Å². The van der Waals surface area contributed by atoms with Gasteiger partial charge in [-0.1, -0.05) is 12.1 Å². The fourth-order valence-electron chi connectivity index (χ4n) is 2.44. The van der Waals surface area contributed by atoms with Gasteiger partial charge in [0.1, 0.15) is 17.7 Å². The number of ether oxygens (including phenoxy) is 1. The summed E-state index contributed by atoms with van der Waals surface area (Å²) in [5.74, 6) is -2.12. The van der Waals surface area contributed by atoms with Crippen molar-refractivity contribution in [2.75, 3.05) is 6.54 Å². The van der Waals surface area contributed by atoms with Crippen LogP contribution in [0.2, 0.25) is 0 Å². The van der Waals surface area contributed by atoms with Crippen LogP contribution in [0, 0.1) is 17.5 Å². The van der Waals surface area contributed by atoms with Crippen molar-refractivity contribution >= 4 is 0 Å². The fraction of sp³-hybridized carbons (Fsp3) is 0.200. The summed E-state index contributed by atoms with van der Waals surface area (Å²) in [4.78, 5) is 0. The molecule has 1 atom stereocenters. The molecule has 0 fully saturated rings. The summed E-state index contributed by atoms with van der Waals surface area (Å²) in [5, 5.41) is 0. The van der Waals surface area contributed by atoms with Gasteiger partial charge >= 0.3 is 0 Å². The Bertz CT molecular complexity index is 672. The van der Waals surface area contributed by atoms with Crippen molar-refractivity contribution in [3.63, 3.8) is 0 Å². The Labute approximate surface area is 114 Å². The third-order valence-electron chi connectivity index (χ3n) is 3.37. The van der Waals surface area contributed by atoms with E-state index in [2.05, 4.69) is 0 Å². The molecule has 20 heavy (non-hydrogen) atoms. The lowest BCUT2D eigenvalue weighted by Gasteiger charge is -2.12. The first-order valence-corrected chi connectivity index (χ1v) is 6.23. The van der Waals surface area contributed by atoms with E-state index in [1.165, 1.54) is 18.2 Å². The lowest BCUT2D eigenvalue weighted by Crippen LogP contribution is -2.24. The topological polar surface area (TPSA) is 35.2 Å². The van der Waals surface area contributed by atoms with Crippen molar-refractivity contribution in [3.8, 4) is 16.9 Å². The molecule has 0 spiro atoms. The van der Waals surface area contributed by atoms with Crippen LogP contribution in [-0.4, -0.2) is 12.6 Å². The first-order valence-electron chi connectivity index (χ1n) is 6.23. The minimum atomic E-state index is -1.01. The zero-order chi connectivity index (χ0) is 14.3. The van der Waals surface area contributed by atoms with E-state index < -0.39 is 17.5 Å². The largest absolute Gasteiger partial charge is 0.488 e. The van der Waals surface area contributed by atoms with E-state index in [4.69, 9.17) is 10.5 Å². The molecule has 2 aromatic rings. The Morgan fingerprint density at radius 2 is 1.95 bits per heavy atom. The average molecular weight is 279 g/mol. The third-order valence-corrected chi connectivity index (χ3v) is 3.37. The summed E-state index contributed by atoms with van der Waals surface area (Å²) >= 11 is 0. The van der Waals surface area contributed by atoms with Crippen LogP contribution in [0.4, 0.5) is 13.2 Å². The van der Waals surface area contributed by atoms with E-state index in [1.54, 1.807) is 0 Å². The number of halogens is 3. The van der Waals surface area contributed by atoms with Crippen LogP contribution in [0.3, 0.4) is 0 Å². The van der Waals surface area contributed by atoms with Crippen molar-refractivity contribution < 1.29 is 17.9 Å². The molecule has 1 heterocycles. The number of benzene rings is 2. The van der Waals surface area contributed by atoms with E-state index in [0.29, 0.717) is 17.7 Å². The van der Waals surface area contributed by atoms with Crippen LogP contribution >= 0.6 is 0 Å². The SMILES string of the molecule is NCC1Cc2cc(F)cc(-c3cccc(F)c3F)c2O1. The molecular weight excluding hydrogens is 267 g/mol. The van der Waals surface area contributed by atoms with Crippen LogP contribution in [0.1, 0.15) is 5.56 Å². The van der Waals surface area contributed by atoms with Gasteiger partial charge in [0.25, 0.3) is 0 Å². The zero-order valence-electron chi connectivity index (χ0n) is 10.5. The molecule has 0 aliphatic carbocycles. The monoisotopic (exact) mass is 279 g/mol. The molecule has 2 N–H and O–H groups in total. The molecule has 2 nitrogen and oxygen atoms in total. The Balaban J connectivity index is 2.18. The standard InChI is InChI=1S/C15H12F3NO/c16-9-4-8-5-10(7-19)20-15(8)12(6-9)11-2-1-3-13(17)14(11)18/h1-4,6,10H,5,7,19H2. The maximum Gasteiger partial charge on any atom is 0.166 e. The number of nitrogens with two attached hydrogens (primary N) is 1. The maximum absolute atomic E-state index is 13.9. The fourth-order valence-corrected chi connectivity index (χ4v) is 2.44. The molecular formula is C15H12F3NO. The maximum atomic E-state index is 13.9. The minimum Gasteiger partial charge on any atom is -0.488 e. The van der Waals surface area contributed by atoms with E-state index in [-0.39, 0.29) is 23.8 Å². The summed E-state index contributed by atoms with van der Waals surface area (Å²) in [7, 11) is 0. The van der Waals surface area contributed by atoms with Crippen molar-refractivity contribution in [3.05, 3.63) is 53.3 Å². The normalized spacial score (nSPS) is 16.9. The molecule has 1 aliphatic heterocycles. The van der Waals surface area contributed by atoms with E-state index in [0.717, 1.165) is 12.1 Å². The van der Waals surface area contributed by atoms with E-state index in [1.807, 2.05) is 0 Å². The average Bonchev–Trinajstić information content (AvgIpc) is 2.84. The highest BCUT2D eigenvalue weighted by Crippen LogP contribution is 2.40. The lowest BCUT2D eigenvalue weighted by molar-refractivity contribution is 0.242. The zero-order valence-corrected chi connectivity index (χ0v) is 10.5. The van der Waals surface area contributed by atoms with Crippen LogP contribution < -0.4 is 10.5 Å². The molecule has 0 saturated carbocycles. The van der Waals surface area contributed by atoms with Crippen molar-refractivity contribution in [2.45, 2.75) is 12.5 Å². The van der Waals surface area contributed by atoms with E-state index in [9.17, 15) is 13.2 Å². The molecule has 1 aliphatic rings. The number of fused-ring (bicyclic) bond motifs is 1. The Morgan fingerprint density at radius 1 is 1.15 bits per heavy atom. The van der Waals surface area contributed by atoms with Crippen LogP contribution in [0.15, 0.2) is 30.3 Å². The van der Waals surface area contributed by atoms with Gasteiger partial charge in [-0.25, -0.2) is 13.2 Å². The van der Waals surface area contributed by atoms with E-state index >= 15 is 0 Å². The molecule has 0 amide bonds. The van der Waals surface area contributed by atoms with Gasteiger partial charge in [0, 0.05) is 29.7 Å². The van der Waals surface area contributed by atoms with Gasteiger partial charge in [-0.3, -0.25) is 0 Å². The Kier molecular flexibility index (Phi) is 3.14. The second kappa shape index (κ2) is 4.83. The molecule has 2 aromatic carbocycles. The Morgan fingerprint density at radius 3 is 2.70 bits per heavy atom. The second-order valence-corrected chi connectivity index (χ2v) is 4.72. The molecule has 3 rings (SSSR count). The Hall–Kier alpha value is -2.01. The number of hydrogen-bond acceptors (Lipinski definition) is 2. The minimum absolute atomic E-state index is 0.0154. The van der Waals surface area contributed by atoms with Crippen LogP contribution in [-0.2, 0) is 6.42 Å². The highest BCUT2D eigenvalue weighted by atomic mass is 19.2. The van der Waals surface area contributed by atoms with Gasteiger partial charge in [0.15, 0.2) is 11.6 Å². The molecule has 1 unspecified atom stereocenters. The summed E-state index contributed by atoms with van der Waals surface area (Å²) in [6, 6.07) is 6.27. The molecule has 0 radical (unpaired) electrons. The van der Waals surface area contributed by atoms with Crippen molar-refractivity contribution in [1.82, 2.24) is 0 Å². The quantitative estimate of drug-likeness (QED) is 0.917. The predicted octanol–water partition coefficient (Wildman–Crippen LogP) is 3.03. The highest BCUT2D eigenvalue weighted by Gasteiger charge is 2.27. The van der Waals surface area contributed by atoms with Gasteiger partial charge in [-0.2, -0.15) is 0 Å². The smallest absolute Gasteiger partial charge is 0.166 e. The van der Waals surface area contributed by atoms with Crippen LogP contribution in [0.5, 0.6) is 5.75 Å². The molecule has 0 aromatic heterocycles. The molecule has 0 bridgehead atoms. The number of rotatable bonds is 2. The van der Waals surface area contributed by atoms with Gasteiger partial charge < -0.3 is 10.5 Å². The predicted molar refractivity (Wildman–Crippen MR) is 68.9 cm³/mol. The number of hydrogen-bond donors (Lipinski definition) is 1. The van der Waals surface area contributed by atoms with Crippen molar-refractivity contribution in [1.29, 1.82) is 0 Å². The second-order valence-electron chi connectivity index (χ2n) is 4.72. The van der Waals surface area contributed by atoms with Gasteiger partial charge in [0.2, 0.25) is 0 Å². The molecule has 5 heteroatoms. The summed E-state index contributed by atoms with van der Waals surface area (Å²) in [6.45, 7) is 0.279. The summed E-state index contributed by atoms with van der Waals surface area (Å²) in [5.41, 5.74) is 6.37. The van der Waals surface area contributed by atoms with Gasteiger partial charge in [0.05, 0.1) is 0 Å².